The van der Waals surface area contributed by atoms with Gasteiger partial charge >= 0.3 is 12.1 Å². The molecule has 2 aliphatic rings. The highest BCUT2D eigenvalue weighted by molar-refractivity contribution is 8.15. The van der Waals surface area contributed by atoms with Crippen LogP contribution in [0.4, 0.5) is 4.79 Å². The Balaban J connectivity index is 1.48. The lowest BCUT2D eigenvalue weighted by atomic mass is 9.98. The van der Waals surface area contributed by atoms with Gasteiger partial charge in [-0.05, 0) is 28.2 Å². The first-order valence-electron chi connectivity index (χ1n) is 11.9. The number of nitrogens with zero attached hydrogens (tertiary/aromatic N) is 2. The van der Waals surface area contributed by atoms with Gasteiger partial charge in [0.25, 0.3) is 5.91 Å². The van der Waals surface area contributed by atoms with Crippen LogP contribution in [0.5, 0.6) is 0 Å². The summed E-state index contributed by atoms with van der Waals surface area (Å²) in [7, 11) is 0. The Kier molecular flexibility index (Phi) is 7.13. The van der Waals surface area contributed by atoms with Crippen LogP contribution >= 0.6 is 11.8 Å². The zero-order valence-corrected chi connectivity index (χ0v) is 21.8. The standard InChI is InChI=1S/C27H31N3O5S/c1-15(2)21(22(31)30-23(24(32)33)36-25(29-30)27(3,4)5)28-26(34)35-14-20-18-12-8-6-10-16(18)17-11-7-9-13-19(17)20/h6-13,15,20-21,23H,14H2,1-5H3,(H,28,34)(H,32,33). The Bertz CT molecular complexity index is 1170. The van der Waals surface area contributed by atoms with Crippen LogP contribution < -0.4 is 5.32 Å². The van der Waals surface area contributed by atoms with E-state index in [-0.39, 0.29) is 18.4 Å². The van der Waals surface area contributed by atoms with E-state index in [1.54, 1.807) is 13.8 Å². The molecule has 4 rings (SSSR count). The first-order chi connectivity index (χ1) is 17.0. The number of ether oxygens (including phenoxy) is 1. The second-order valence-electron chi connectivity index (χ2n) is 10.3. The van der Waals surface area contributed by atoms with Crippen molar-refractivity contribution in [3.05, 3.63) is 59.7 Å². The van der Waals surface area contributed by atoms with Crippen LogP contribution in [-0.4, -0.2) is 51.2 Å². The molecule has 0 saturated carbocycles. The van der Waals surface area contributed by atoms with Crippen molar-refractivity contribution in [1.29, 1.82) is 0 Å². The summed E-state index contributed by atoms with van der Waals surface area (Å²) in [5, 5.41) is 17.0. The molecule has 0 spiro atoms. The van der Waals surface area contributed by atoms with Gasteiger partial charge in [0.05, 0.1) is 0 Å². The fourth-order valence-corrected chi connectivity index (χ4v) is 5.45. The normalized spacial score (nSPS) is 17.9. The Hall–Kier alpha value is -3.33. The molecule has 2 aromatic rings. The van der Waals surface area contributed by atoms with Crippen LogP contribution in [-0.2, 0) is 14.3 Å². The lowest BCUT2D eigenvalue weighted by Crippen LogP contribution is -2.52. The molecule has 0 radical (unpaired) electrons. The first kappa shape index (κ1) is 25.8. The molecular weight excluding hydrogens is 478 g/mol. The van der Waals surface area contributed by atoms with E-state index in [0.29, 0.717) is 5.04 Å². The minimum atomic E-state index is -1.18. The molecule has 1 heterocycles. The quantitative estimate of drug-likeness (QED) is 0.574. The molecule has 0 saturated heterocycles. The van der Waals surface area contributed by atoms with E-state index in [1.807, 2.05) is 57.2 Å². The number of hydrogen-bond acceptors (Lipinski definition) is 6. The van der Waals surface area contributed by atoms with Crippen molar-refractivity contribution < 1.29 is 24.2 Å². The predicted molar refractivity (Wildman–Crippen MR) is 140 cm³/mol. The smallest absolute Gasteiger partial charge is 0.407 e. The Labute approximate surface area is 215 Å². The van der Waals surface area contributed by atoms with Crippen molar-refractivity contribution in [2.45, 2.75) is 52.0 Å². The SMILES string of the molecule is CC(C)C(NC(=O)OCC1c2ccccc2-c2ccccc21)C(=O)N1N=C(C(C)(C)C)SC1C(=O)O. The second-order valence-corrected chi connectivity index (χ2v) is 11.4. The third-order valence-corrected chi connectivity index (χ3v) is 7.81. The molecule has 1 aliphatic carbocycles. The van der Waals surface area contributed by atoms with Crippen molar-refractivity contribution in [3.8, 4) is 11.1 Å². The van der Waals surface area contributed by atoms with E-state index in [9.17, 15) is 19.5 Å². The van der Waals surface area contributed by atoms with Gasteiger partial charge in [-0.2, -0.15) is 5.10 Å². The van der Waals surface area contributed by atoms with Crippen LogP contribution in [0, 0.1) is 11.3 Å². The molecule has 2 N–H and O–H groups in total. The molecular formula is C27H31N3O5S. The summed E-state index contributed by atoms with van der Waals surface area (Å²) in [4.78, 5) is 38.1. The van der Waals surface area contributed by atoms with Crippen molar-refractivity contribution in [2.75, 3.05) is 6.61 Å². The van der Waals surface area contributed by atoms with Gasteiger partial charge in [0.2, 0.25) is 5.37 Å². The van der Waals surface area contributed by atoms with E-state index >= 15 is 0 Å². The Morgan fingerprint density at radius 2 is 1.61 bits per heavy atom. The zero-order chi connectivity index (χ0) is 26.2. The monoisotopic (exact) mass is 509 g/mol. The predicted octanol–water partition coefficient (Wildman–Crippen LogP) is 4.90. The topological polar surface area (TPSA) is 108 Å². The van der Waals surface area contributed by atoms with Gasteiger partial charge in [-0.25, -0.2) is 14.6 Å². The number of carbonyl (C=O) groups excluding carboxylic acids is 2. The summed E-state index contributed by atoms with van der Waals surface area (Å²) in [6.45, 7) is 9.38. The summed E-state index contributed by atoms with van der Waals surface area (Å²) in [5.41, 5.74) is 4.00. The van der Waals surface area contributed by atoms with Crippen molar-refractivity contribution in [1.82, 2.24) is 10.3 Å². The van der Waals surface area contributed by atoms with E-state index in [4.69, 9.17) is 4.74 Å². The number of hydrogen-bond donors (Lipinski definition) is 2. The van der Waals surface area contributed by atoms with Crippen LogP contribution in [0.15, 0.2) is 53.6 Å². The number of alkyl carbamates (subject to hydrolysis) is 1. The summed E-state index contributed by atoms with van der Waals surface area (Å²) in [5.74, 6) is -2.18. The van der Waals surface area contributed by atoms with Crippen molar-refractivity contribution in [3.63, 3.8) is 0 Å². The molecule has 0 fully saturated rings. The van der Waals surface area contributed by atoms with E-state index in [0.717, 1.165) is 39.0 Å². The second kappa shape index (κ2) is 9.97. The van der Waals surface area contributed by atoms with Gasteiger partial charge in [-0.15, -0.1) is 0 Å². The number of carboxylic acids is 1. The number of carbonyl (C=O) groups is 3. The summed E-state index contributed by atoms with van der Waals surface area (Å²) < 4.78 is 5.60. The van der Waals surface area contributed by atoms with E-state index in [2.05, 4.69) is 22.6 Å². The Morgan fingerprint density at radius 3 is 2.11 bits per heavy atom. The van der Waals surface area contributed by atoms with Crippen LogP contribution in [0.25, 0.3) is 11.1 Å². The minimum absolute atomic E-state index is 0.110. The summed E-state index contributed by atoms with van der Waals surface area (Å²) in [6, 6.07) is 15.1. The largest absolute Gasteiger partial charge is 0.479 e. The molecule has 0 aromatic heterocycles. The molecule has 0 bridgehead atoms. The van der Waals surface area contributed by atoms with Crippen LogP contribution in [0.3, 0.4) is 0 Å². The van der Waals surface area contributed by atoms with Gasteiger partial charge in [0, 0.05) is 11.3 Å². The number of fused-ring (bicyclic) bond motifs is 3. The number of benzene rings is 2. The maximum absolute atomic E-state index is 13.4. The third-order valence-electron chi connectivity index (χ3n) is 6.27. The number of rotatable bonds is 6. The van der Waals surface area contributed by atoms with E-state index in [1.165, 1.54) is 0 Å². The van der Waals surface area contributed by atoms with Crippen LogP contribution in [0.1, 0.15) is 51.7 Å². The maximum atomic E-state index is 13.4. The van der Waals surface area contributed by atoms with E-state index < -0.39 is 34.8 Å². The average Bonchev–Trinajstić information content (AvgIpc) is 3.41. The van der Waals surface area contributed by atoms with Gasteiger partial charge in [-0.3, -0.25) is 4.79 Å². The van der Waals surface area contributed by atoms with Gasteiger partial charge < -0.3 is 15.2 Å². The molecule has 2 aromatic carbocycles. The summed E-state index contributed by atoms with van der Waals surface area (Å²) >= 11 is 1.04. The minimum Gasteiger partial charge on any atom is -0.479 e. The zero-order valence-electron chi connectivity index (χ0n) is 21.0. The molecule has 2 unspecified atom stereocenters. The maximum Gasteiger partial charge on any atom is 0.407 e. The van der Waals surface area contributed by atoms with Crippen LogP contribution in [0.2, 0.25) is 0 Å². The molecule has 36 heavy (non-hydrogen) atoms. The number of thioether (sulfide) groups is 1. The number of amides is 2. The molecule has 9 heteroatoms. The first-order valence-corrected chi connectivity index (χ1v) is 12.8. The van der Waals surface area contributed by atoms with Crippen molar-refractivity contribution in [2.24, 2.45) is 16.4 Å². The molecule has 2 amide bonds. The average molecular weight is 510 g/mol. The lowest BCUT2D eigenvalue weighted by Gasteiger charge is -2.26. The highest BCUT2D eigenvalue weighted by atomic mass is 32.2. The van der Waals surface area contributed by atoms with Gasteiger partial charge in [0.1, 0.15) is 17.7 Å². The lowest BCUT2D eigenvalue weighted by molar-refractivity contribution is -0.147. The fourth-order valence-electron chi connectivity index (χ4n) is 4.40. The highest BCUT2D eigenvalue weighted by Gasteiger charge is 2.44. The molecule has 2 atom stereocenters. The van der Waals surface area contributed by atoms with Gasteiger partial charge in [-0.1, -0.05) is 94.9 Å². The molecule has 1 aliphatic heterocycles. The Morgan fingerprint density at radius 1 is 1.06 bits per heavy atom. The summed E-state index contributed by atoms with van der Waals surface area (Å²) in [6.07, 6.45) is -0.734. The highest BCUT2D eigenvalue weighted by Crippen LogP contribution is 2.44. The fraction of sp³-hybridized carbons (Fsp3) is 0.407. The molecule has 8 nitrogen and oxygen atoms in total. The number of nitrogens with one attached hydrogen (secondary N) is 1. The van der Waals surface area contributed by atoms with Gasteiger partial charge in [0.15, 0.2) is 0 Å². The third kappa shape index (κ3) is 4.97. The number of carboxylic acid groups (broad SMARTS) is 1. The van der Waals surface area contributed by atoms with Crippen molar-refractivity contribution >= 4 is 34.8 Å². The molecule has 190 valence electrons. The number of hydrazone groups is 1. The number of aliphatic carboxylic acids is 1.